The average molecular weight is 401 g/mol. The van der Waals surface area contributed by atoms with E-state index in [9.17, 15) is 14.4 Å². The van der Waals surface area contributed by atoms with Gasteiger partial charge < -0.3 is 10.6 Å². The highest BCUT2D eigenvalue weighted by atomic mass is 16.2. The number of hydrogen-bond acceptors (Lipinski definition) is 5. The lowest BCUT2D eigenvalue weighted by molar-refractivity contribution is -0.136. The highest BCUT2D eigenvalue weighted by Gasteiger charge is 2.17. The number of rotatable bonds is 5. The van der Waals surface area contributed by atoms with E-state index in [0.29, 0.717) is 11.3 Å². The standard InChI is InChI=1S/C22H19N5O3/c1-15-5-4-6-17(13-15)25-20(28)18-7-2-3-8-19(18)26-21(29)22(30)27-24-14-16-9-11-23-12-10-16/h2-14H,1H3,(H,25,28)(H,26,29)(H,27,30). The first-order chi connectivity index (χ1) is 14.5. The van der Waals surface area contributed by atoms with Gasteiger partial charge >= 0.3 is 11.8 Å². The van der Waals surface area contributed by atoms with Crippen molar-refractivity contribution in [1.82, 2.24) is 10.4 Å². The Morgan fingerprint density at radius 3 is 2.43 bits per heavy atom. The predicted octanol–water partition coefficient (Wildman–Crippen LogP) is 2.73. The molecule has 3 aromatic rings. The molecule has 3 amide bonds. The molecule has 0 aliphatic heterocycles. The number of hydrogen-bond donors (Lipinski definition) is 3. The monoisotopic (exact) mass is 401 g/mol. The van der Waals surface area contributed by atoms with Crippen LogP contribution < -0.4 is 16.1 Å². The molecule has 0 bridgehead atoms. The first kappa shape index (κ1) is 20.4. The quantitative estimate of drug-likeness (QED) is 0.347. The zero-order valence-electron chi connectivity index (χ0n) is 16.1. The smallest absolute Gasteiger partial charge is 0.322 e. The molecule has 0 radical (unpaired) electrons. The molecule has 8 nitrogen and oxygen atoms in total. The SMILES string of the molecule is Cc1cccc(NC(=O)c2ccccc2NC(=O)C(=O)NN=Cc2ccncc2)c1. The molecule has 30 heavy (non-hydrogen) atoms. The van der Waals surface area contributed by atoms with Crippen LogP contribution in [0.25, 0.3) is 0 Å². The number of carbonyl (C=O) groups excluding carboxylic acids is 3. The maximum absolute atomic E-state index is 12.6. The van der Waals surface area contributed by atoms with Crippen LogP contribution in [0.5, 0.6) is 0 Å². The summed E-state index contributed by atoms with van der Waals surface area (Å²) in [6.07, 6.45) is 4.54. The number of anilines is 2. The van der Waals surface area contributed by atoms with Gasteiger partial charge in [-0.05, 0) is 54.4 Å². The summed E-state index contributed by atoms with van der Waals surface area (Å²) in [4.78, 5) is 40.7. The van der Waals surface area contributed by atoms with E-state index in [2.05, 4.69) is 26.1 Å². The highest BCUT2D eigenvalue weighted by molar-refractivity contribution is 6.40. The average Bonchev–Trinajstić information content (AvgIpc) is 2.74. The number of carbonyl (C=O) groups is 3. The highest BCUT2D eigenvalue weighted by Crippen LogP contribution is 2.18. The summed E-state index contributed by atoms with van der Waals surface area (Å²) in [5, 5.41) is 8.95. The summed E-state index contributed by atoms with van der Waals surface area (Å²) < 4.78 is 0. The Bertz CT molecular complexity index is 1100. The number of benzene rings is 2. The summed E-state index contributed by atoms with van der Waals surface area (Å²) in [6, 6.07) is 17.1. The second-order valence-corrected chi connectivity index (χ2v) is 6.30. The third kappa shape index (κ3) is 5.59. The number of aryl methyl sites for hydroxylation is 1. The summed E-state index contributed by atoms with van der Waals surface area (Å²) in [7, 11) is 0. The fraction of sp³-hybridized carbons (Fsp3) is 0.0455. The van der Waals surface area contributed by atoms with Gasteiger partial charge in [0, 0.05) is 18.1 Å². The molecule has 3 rings (SSSR count). The van der Waals surface area contributed by atoms with Gasteiger partial charge in [0.05, 0.1) is 17.5 Å². The number of nitrogens with zero attached hydrogens (tertiary/aromatic N) is 2. The predicted molar refractivity (Wildman–Crippen MR) is 114 cm³/mol. The van der Waals surface area contributed by atoms with Crippen molar-refractivity contribution in [2.24, 2.45) is 5.10 Å². The van der Waals surface area contributed by atoms with Crippen LogP contribution in [0.1, 0.15) is 21.5 Å². The number of nitrogens with one attached hydrogen (secondary N) is 3. The van der Waals surface area contributed by atoms with Gasteiger partial charge in [0.2, 0.25) is 0 Å². The molecule has 1 aromatic heterocycles. The minimum atomic E-state index is -0.964. The van der Waals surface area contributed by atoms with E-state index < -0.39 is 17.7 Å². The molecule has 0 spiro atoms. The van der Waals surface area contributed by atoms with Crippen molar-refractivity contribution in [2.45, 2.75) is 6.92 Å². The second-order valence-electron chi connectivity index (χ2n) is 6.30. The zero-order valence-corrected chi connectivity index (χ0v) is 16.1. The molecule has 0 saturated heterocycles. The molecule has 8 heteroatoms. The van der Waals surface area contributed by atoms with E-state index in [-0.39, 0.29) is 11.3 Å². The third-order valence-corrected chi connectivity index (χ3v) is 3.99. The molecular formula is C22H19N5O3. The molecular weight excluding hydrogens is 382 g/mol. The van der Waals surface area contributed by atoms with Crippen LogP contribution in [0, 0.1) is 6.92 Å². The summed E-state index contributed by atoms with van der Waals surface area (Å²) in [6.45, 7) is 1.92. The first-order valence-corrected chi connectivity index (χ1v) is 9.04. The van der Waals surface area contributed by atoms with Crippen LogP contribution in [0.15, 0.2) is 78.2 Å². The number of amides is 3. The van der Waals surface area contributed by atoms with Crippen molar-refractivity contribution in [1.29, 1.82) is 0 Å². The lowest BCUT2D eigenvalue weighted by Crippen LogP contribution is -2.33. The maximum atomic E-state index is 12.6. The fourth-order valence-electron chi connectivity index (χ4n) is 2.56. The van der Waals surface area contributed by atoms with Gasteiger partial charge in [-0.1, -0.05) is 24.3 Å². The first-order valence-electron chi connectivity index (χ1n) is 9.04. The van der Waals surface area contributed by atoms with Gasteiger partial charge in [0.15, 0.2) is 0 Å². The van der Waals surface area contributed by atoms with Gasteiger partial charge in [-0.25, -0.2) is 5.43 Å². The van der Waals surface area contributed by atoms with E-state index in [1.165, 1.54) is 12.3 Å². The molecule has 0 aliphatic carbocycles. The summed E-state index contributed by atoms with van der Waals surface area (Å²) in [5.41, 5.74) is 4.91. The van der Waals surface area contributed by atoms with Crippen molar-refractivity contribution in [3.63, 3.8) is 0 Å². The van der Waals surface area contributed by atoms with Crippen molar-refractivity contribution in [3.8, 4) is 0 Å². The molecule has 0 aliphatic rings. The fourth-order valence-corrected chi connectivity index (χ4v) is 2.56. The number of para-hydroxylation sites is 1. The maximum Gasteiger partial charge on any atom is 0.329 e. The van der Waals surface area contributed by atoms with Crippen molar-refractivity contribution in [2.75, 3.05) is 10.6 Å². The summed E-state index contributed by atoms with van der Waals surface area (Å²) in [5.74, 6) is -2.32. The summed E-state index contributed by atoms with van der Waals surface area (Å²) >= 11 is 0. The van der Waals surface area contributed by atoms with E-state index in [1.807, 2.05) is 25.1 Å². The van der Waals surface area contributed by atoms with Crippen LogP contribution in [0.4, 0.5) is 11.4 Å². The minimum absolute atomic E-state index is 0.209. The lowest BCUT2D eigenvalue weighted by Gasteiger charge is -2.11. The Hall–Kier alpha value is -4.33. The molecule has 0 atom stereocenters. The molecule has 3 N–H and O–H groups in total. The number of aromatic nitrogens is 1. The minimum Gasteiger partial charge on any atom is -0.322 e. The van der Waals surface area contributed by atoms with E-state index in [1.54, 1.807) is 48.8 Å². The molecule has 0 saturated carbocycles. The number of hydrazone groups is 1. The largest absolute Gasteiger partial charge is 0.329 e. The van der Waals surface area contributed by atoms with Crippen LogP contribution >= 0.6 is 0 Å². The van der Waals surface area contributed by atoms with Crippen LogP contribution in [0.2, 0.25) is 0 Å². The van der Waals surface area contributed by atoms with E-state index >= 15 is 0 Å². The Kier molecular flexibility index (Phi) is 6.63. The molecule has 0 fully saturated rings. The van der Waals surface area contributed by atoms with Crippen molar-refractivity contribution in [3.05, 3.63) is 89.7 Å². The van der Waals surface area contributed by atoms with Crippen molar-refractivity contribution < 1.29 is 14.4 Å². The molecule has 2 aromatic carbocycles. The van der Waals surface area contributed by atoms with E-state index in [4.69, 9.17) is 0 Å². The van der Waals surface area contributed by atoms with Crippen molar-refractivity contribution >= 4 is 35.3 Å². The van der Waals surface area contributed by atoms with Gasteiger partial charge in [-0.2, -0.15) is 5.10 Å². The van der Waals surface area contributed by atoms with Gasteiger partial charge in [0.1, 0.15) is 0 Å². The zero-order chi connectivity index (χ0) is 21.3. The third-order valence-electron chi connectivity index (χ3n) is 3.99. The van der Waals surface area contributed by atoms with Crippen LogP contribution in [-0.2, 0) is 9.59 Å². The number of pyridine rings is 1. The molecule has 1 heterocycles. The normalized spacial score (nSPS) is 10.4. The Morgan fingerprint density at radius 2 is 1.67 bits per heavy atom. The topological polar surface area (TPSA) is 113 Å². The molecule has 0 unspecified atom stereocenters. The molecule has 150 valence electrons. The Balaban J connectivity index is 1.64. The Labute approximate surface area is 173 Å². The van der Waals surface area contributed by atoms with Crippen LogP contribution in [0.3, 0.4) is 0 Å². The Morgan fingerprint density at radius 1 is 0.900 bits per heavy atom. The van der Waals surface area contributed by atoms with Gasteiger partial charge in [-0.15, -0.1) is 0 Å². The van der Waals surface area contributed by atoms with E-state index in [0.717, 1.165) is 5.56 Å². The van der Waals surface area contributed by atoms with Gasteiger partial charge in [-0.3, -0.25) is 19.4 Å². The van der Waals surface area contributed by atoms with Crippen LogP contribution in [-0.4, -0.2) is 28.9 Å². The lowest BCUT2D eigenvalue weighted by atomic mass is 10.1. The second kappa shape index (κ2) is 9.74. The van der Waals surface area contributed by atoms with Gasteiger partial charge in [0.25, 0.3) is 5.91 Å².